The maximum atomic E-state index is 14.0. The Morgan fingerprint density at radius 1 is 1.14 bits per heavy atom. The number of halogens is 2. The molecule has 1 atom stereocenters. The fourth-order valence-corrected chi connectivity index (χ4v) is 3.76. The molecule has 0 bridgehead atoms. The van der Waals surface area contributed by atoms with Gasteiger partial charge >= 0.3 is 0 Å². The van der Waals surface area contributed by atoms with Gasteiger partial charge < -0.3 is 4.90 Å². The van der Waals surface area contributed by atoms with E-state index in [4.69, 9.17) is 4.98 Å². The molecule has 1 aliphatic heterocycles. The van der Waals surface area contributed by atoms with Gasteiger partial charge in [0, 0.05) is 36.5 Å². The van der Waals surface area contributed by atoms with E-state index in [0.29, 0.717) is 18.9 Å². The van der Waals surface area contributed by atoms with E-state index in [1.165, 1.54) is 0 Å². The van der Waals surface area contributed by atoms with Crippen molar-refractivity contribution in [3.05, 3.63) is 83.2 Å². The summed E-state index contributed by atoms with van der Waals surface area (Å²) < 4.78 is 27.5. The van der Waals surface area contributed by atoms with Crippen molar-refractivity contribution >= 4 is 5.91 Å². The predicted molar refractivity (Wildman–Crippen MR) is 106 cm³/mol. The quantitative estimate of drug-likeness (QED) is 0.645. The minimum atomic E-state index is -0.706. The highest BCUT2D eigenvalue weighted by molar-refractivity contribution is 5.94. The SMILES string of the molecule is Cc1cccc(-c2nccc(C3CCCN(C(=O)c4cc(F)ccc4F)C3)n2)c1. The molecule has 6 heteroatoms. The summed E-state index contributed by atoms with van der Waals surface area (Å²) >= 11 is 0. The lowest BCUT2D eigenvalue weighted by Gasteiger charge is -2.32. The van der Waals surface area contributed by atoms with Gasteiger partial charge in [0.25, 0.3) is 5.91 Å². The van der Waals surface area contributed by atoms with Crippen LogP contribution in [0.2, 0.25) is 0 Å². The van der Waals surface area contributed by atoms with Crippen molar-refractivity contribution in [3.63, 3.8) is 0 Å². The third kappa shape index (κ3) is 4.16. The fourth-order valence-electron chi connectivity index (χ4n) is 3.76. The number of benzene rings is 2. The molecule has 0 radical (unpaired) electrons. The van der Waals surface area contributed by atoms with Gasteiger partial charge in [-0.05, 0) is 50.1 Å². The maximum Gasteiger partial charge on any atom is 0.256 e. The van der Waals surface area contributed by atoms with E-state index in [0.717, 1.165) is 47.9 Å². The molecule has 148 valence electrons. The van der Waals surface area contributed by atoms with E-state index in [1.807, 2.05) is 37.3 Å². The molecule has 4 rings (SSSR count). The van der Waals surface area contributed by atoms with Gasteiger partial charge in [0.2, 0.25) is 0 Å². The molecule has 1 unspecified atom stereocenters. The Bertz CT molecular complexity index is 1050. The average Bonchev–Trinajstić information content (AvgIpc) is 2.75. The summed E-state index contributed by atoms with van der Waals surface area (Å²) in [6, 6.07) is 12.8. The van der Waals surface area contributed by atoms with Gasteiger partial charge in [-0.15, -0.1) is 0 Å². The van der Waals surface area contributed by atoms with Crippen molar-refractivity contribution in [1.82, 2.24) is 14.9 Å². The van der Waals surface area contributed by atoms with Crippen molar-refractivity contribution in [2.45, 2.75) is 25.7 Å². The molecule has 2 heterocycles. The van der Waals surface area contributed by atoms with E-state index < -0.39 is 17.5 Å². The van der Waals surface area contributed by atoms with Crippen molar-refractivity contribution in [3.8, 4) is 11.4 Å². The lowest BCUT2D eigenvalue weighted by molar-refractivity contribution is 0.0700. The summed E-state index contributed by atoms with van der Waals surface area (Å²) in [7, 11) is 0. The molecular weight excluding hydrogens is 372 g/mol. The Balaban J connectivity index is 1.56. The molecule has 1 fully saturated rings. The third-order valence-electron chi connectivity index (χ3n) is 5.24. The summed E-state index contributed by atoms with van der Waals surface area (Å²) in [5.41, 5.74) is 2.70. The first-order valence-corrected chi connectivity index (χ1v) is 9.65. The zero-order valence-electron chi connectivity index (χ0n) is 16.1. The Labute approximate surface area is 168 Å². The van der Waals surface area contributed by atoms with Gasteiger partial charge in [-0.25, -0.2) is 18.7 Å². The largest absolute Gasteiger partial charge is 0.338 e. The molecule has 29 heavy (non-hydrogen) atoms. The monoisotopic (exact) mass is 393 g/mol. The number of hydrogen-bond donors (Lipinski definition) is 0. The second-order valence-corrected chi connectivity index (χ2v) is 7.39. The Morgan fingerprint density at radius 3 is 2.83 bits per heavy atom. The van der Waals surface area contributed by atoms with Crippen LogP contribution in [-0.4, -0.2) is 33.9 Å². The highest BCUT2D eigenvalue weighted by atomic mass is 19.1. The van der Waals surface area contributed by atoms with Crippen LogP contribution in [-0.2, 0) is 0 Å². The topological polar surface area (TPSA) is 46.1 Å². The van der Waals surface area contributed by atoms with Crippen LogP contribution in [0.15, 0.2) is 54.7 Å². The molecule has 1 aromatic heterocycles. The molecule has 0 spiro atoms. The van der Waals surface area contributed by atoms with Crippen LogP contribution >= 0.6 is 0 Å². The number of aromatic nitrogens is 2. The molecular formula is C23H21F2N3O. The predicted octanol–water partition coefficient (Wildman–Crippen LogP) is 4.75. The van der Waals surface area contributed by atoms with Crippen LogP contribution < -0.4 is 0 Å². The first-order chi connectivity index (χ1) is 14.0. The van der Waals surface area contributed by atoms with Gasteiger partial charge in [-0.3, -0.25) is 4.79 Å². The summed E-state index contributed by atoms with van der Waals surface area (Å²) in [5, 5.41) is 0. The third-order valence-corrected chi connectivity index (χ3v) is 5.24. The number of nitrogens with zero attached hydrogens (tertiary/aromatic N) is 3. The van der Waals surface area contributed by atoms with Crippen LogP contribution in [0.25, 0.3) is 11.4 Å². The normalized spacial score (nSPS) is 16.7. The molecule has 4 nitrogen and oxygen atoms in total. The molecule has 3 aromatic rings. The number of likely N-dealkylation sites (tertiary alicyclic amines) is 1. The second-order valence-electron chi connectivity index (χ2n) is 7.39. The number of carbonyl (C=O) groups is 1. The molecule has 0 aliphatic carbocycles. The van der Waals surface area contributed by atoms with Crippen molar-refractivity contribution < 1.29 is 13.6 Å². The van der Waals surface area contributed by atoms with Crippen LogP contribution in [0.1, 0.15) is 40.4 Å². The Morgan fingerprint density at radius 2 is 2.00 bits per heavy atom. The van der Waals surface area contributed by atoms with E-state index in [9.17, 15) is 13.6 Å². The van der Waals surface area contributed by atoms with Gasteiger partial charge in [0.05, 0.1) is 5.56 Å². The number of hydrogen-bond acceptors (Lipinski definition) is 3. The highest BCUT2D eigenvalue weighted by Crippen LogP contribution is 2.28. The molecule has 1 aliphatic rings. The first-order valence-electron chi connectivity index (χ1n) is 9.65. The minimum absolute atomic E-state index is 0.0240. The van der Waals surface area contributed by atoms with Crippen molar-refractivity contribution in [2.75, 3.05) is 13.1 Å². The molecule has 2 aromatic carbocycles. The number of carbonyl (C=O) groups excluding carboxylic acids is 1. The summed E-state index contributed by atoms with van der Waals surface area (Å²) in [4.78, 5) is 23.5. The lowest BCUT2D eigenvalue weighted by Crippen LogP contribution is -2.39. The number of rotatable bonds is 3. The molecule has 0 N–H and O–H groups in total. The van der Waals surface area contributed by atoms with Crippen LogP contribution in [0, 0.1) is 18.6 Å². The smallest absolute Gasteiger partial charge is 0.256 e. The van der Waals surface area contributed by atoms with E-state index in [2.05, 4.69) is 4.98 Å². The average molecular weight is 393 g/mol. The van der Waals surface area contributed by atoms with Gasteiger partial charge in [0.1, 0.15) is 11.6 Å². The van der Waals surface area contributed by atoms with Gasteiger partial charge in [0.15, 0.2) is 5.82 Å². The van der Waals surface area contributed by atoms with E-state index in [1.54, 1.807) is 11.1 Å². The Kier molecular flexibility index (Phi) is 5.34. The zero-order chi connectivity index (χ0) is 20.4. The van der Waals surface area contributed by atoms with Crippen LogP contribution in [0.5, 0.6) is 0 Å². The fraction of sp³-hybridized carbons (Fsp3) is 0.261. The molecule has 1 amide bonds. The number of amides is 1. The van der Waals surface area contributed by atoms with Crippen LogP contribution in [0.3, 0.4) is 0 Å². The van der Waals surface area contributed by atoms with Crippen molar-refractivity contribution in [1.29, 1.82) is 0 Å². The summed E-state index contributed by atoms with van der Waals surface area (Å²) in [5.74, 6) is -1.15. The summed E-state index contributed by atoms with van der Waals surface area (Å²) in [6.07, 6.45) is 3.38. The highest BCUT2D eigenvalue weighted by Gasteiger charge is 2.28. The maximum absolute atomic E-state index is 14.0. The van der Waals surface area contributed by atoms with Crippen LogP contribution in [0.4, 0.5) is 8.78 Å². The van der Waals surface area contributed by atoms with E-state index >= 15 is 0 Å². The van der Waals surface area contributed by atoms with E-state index in [-0.39, 0.29) is 11.5 Å². The zero-order valence-corrected chi connectivity index (χ0v) is 16.1. The Hall–Kier alpha value is -3.15. The first kappa shape index (κ1) is 19.2. The lowest BCUT2D eigenvalue weighted by atomic mass is 9.94. The number of aryl methyl sites for hydroxylation is 1. The molecule has 0 saturated carbocycles. The van der Waals surface area contributed by atoms with Crippen molar-refractivity contribution in [2.24, 2.45) is 0 Å². The minimum Gasteiger partial charge on any atom is -0.338 e. The van der Waals surface area contributed by atoms with Gasteiger partial charge in [-0.2, -0.15) is 0 Å². The number of piperidine rings is 1. The standard InChI is InChI=1S/C23H21F2N3O/c1-15-4-2-5-16(12-15)22-26-10-9-21(27-22)17-6-3-11-28(14-17)23(29)19-13-18(24)7-8-20(19)25/h2,4-5,7-10,12-13,17H,3,6,11,14H2,1H3. The second kappa shape index (κ2) is 8.07. The summed E-state index contributed by atoms with van der Waals surface area (Å²) in [6.45, 7) is 2.95. The van der Waals surface area contributed by atoms with Gasteiger partial charge in [-0.1, -0.05) is 23.8 Å². The molecule has 1 saturated heterocycles.